The molecule has 0 aliphatic carbocycles. The number of hydrogen-bond acceptors (Lipinski definition) is 4. The minimum absolute atomic E-state index is 0.0148. The minimum atomic E-state index is 0.0148. The average Bonchev–Trinajstić information content (AvgIpc) is 3.27. The Kier molecular flexibility index (Phi) is 4.38. The van der Waals surface area contributed by atoms with Crippen LogP contribution in [-0.2, 0) is 24.9 Å². The number of benzene rings is 1. The second kappa shape index (κ2) is 6.70. The van der Waals surface area contributed by atoms with Crippen LogP contribution in [-0.4, -0.2) is 26.8 Å². The lowest BCUT2D eigenvalue weighted by atomic mass is 10.1. The molecule has 0 bridgehead atoms. The van der Waals surface area contributed by atoms with Crippen LogP contribution in [0.4, 0.5) is 0 Å². The van der Waals surface area contributed by atoms with Gasteiger partial charge in [-0.1, -0.05) is 6.07 Å². The summed E-state index contributed by atoms with van der Waals surface area (Å²) in [5.74, 6) is 0.864. The number of rotatable bonds is 4. The number of hydrogen-bond donors (Lipinski definition) is 1. The first-order chi connectivity index (χ1) is 12.6. The van der Waals surface area contributed by atoms with E-state index in [-0.39, 0.29) is 11.7 Å². The Morgan fingerprint density at radius 1 is 1.35 bits per heavy atom. The van der Waals surface area contributed by atoms with Crippen molar-refractivity contribution in [3.05, 3.63) is 51.9 Å². The first-order valence-electron chi connectivity index (χ1n) is 9.05. The average molecular weight is 352 g/mol. The molecule has 26 heavy (non-hydrogen) atoms. The molecule has 3 aromatic rings. The van der Waals surface area contributed by atoms with E-state index in [1.807, 2.05) is 31.3 Å². The van der Waals surface area contributed by atoms with E-state index in [9.17, 15) is 4.79 Å². The van der Waals surface area contributed by atoms with E-state index in [2.05, 4.69) is 10.6 Å². The zero-order chi connectivity index (χ0) is 18.3. The largest absolute Gasteiger partial charge is 0.376 e. The summed E-state index contributed by atoms with van der Waals surface area (Å²) in [6, 6.07) is 8.05. The summed E-state index contributed by atoms with van der Waals surface area (Å²) in [5.41, 5.74) is 10.6. The van der Waals surface area contributed by atoms with Gasteiger partial charge in [-0.3, -0.25) is 4.79 Å². The molecule has 6 heteroatoms. The lowest BCUT2D eigenvalue weighted by Gasteiger charge is -2.15. The van der Waals surface area contributed by atoms with Crippen molar-refractivity contribution >= 4 is 11.0 Å². The third-order valence-electron chi connectivity index (χ3n) is 5.08. The van der Waals surface area contributed by atoms with Crippen molar-refractivity contribution in [1.82, 2.24) is 14.1 Å². The molecule has 1 unspecified atom stereocenters. The molecule has 1 aliphatic heterocycles. The maximum atomic E-state index is 12.1. The third kappa shape index (κ3) is 2.95. The Morgan fingerprint density at radius 2 is 2.19 bits per heavy atom. The van der Waals surface area contributed by atoms with Crippen molar-refractivity contribution in [3.8, 4) is 11.4 Å². The first kappa shape index (κ1) is 17.0. The highest BCUT2D eigenvalue weighted by Gasteiger charge is 2.21. The number of fused-ring (bicyclic) bond motifs is 1. The highest BCUT2D eigenvalue weighted by molar-refractivity contribution is 5.81. The molecule has 0 spiro atoms. The number of ether oxygens (including phenoxy) is 1. The normalized spacial score (nSPS) is 17.3. The lowest BCUT2D eigenvalue weighted by Crippen LogP contribution is -2.20. The molecule has 1 atom stereocenters. The van der Waals surface area contributed by atoms with Gasteiger partial charge < -0.3 is 19.6 Å². The molecule has 0 radical (unpaired) electrons. The Balaban J connectivity index is 1.91. The molecule has 1 saturated heterocycles. The van der Waals surface area contributed by atoms with Gasteiger partial charge in [0.1, 0.15) is 5.82 Å². The second-order valence-electron chi connectivity index (χ2n) is 7.04. The van der Waals surface area contributed by atoms with E-state index in [4.69, 9.17) is 15.5 Å². The number of pyridine rings is 1. The summed E-state index contributed by atoms with van der Waals surface area (Å²) < 4.78 is 9.69. The van der Waals surface area contributed by atoms with Crippen LogP contribution < -0.4 is 11.3 Å². The Morgan fingerprint density at radius 3 is 2.88 bits per heavy atom. The van der Waals surface area contributed by atoms with Gasteiger partial charge in [0, 0.05) is 37.5 Å². The van der Waals surface area contributed by atoms with Crippen LogP contribution in [0.1, 0.15) is 24.0 Å². The molecule has 6 nitrogen and oxygen atoms in total. The van der Waals surface area contributed by atoms with Crippen molar-refractivity contribution in [1.29, 1.82) is 0 Å². The first-order valence-corrected chi connectivity index (χ1v) is 9.05. The summed E-state index contributed by atoms with van der Waals surface area (Å²) in [4.78, 5) is 16.9. The second-order valence-corrected chi connectivity index (χ2v) is 7.04. The van der Waals surface area contributed by atoms with Crippen LogP contribution in [0.3, 0.4) is 0 Å². The van der Waals surface area contributed by atoms with Crippen LogP contribution >= 0.6 is 0 Å². The summed E-state index contributed by atoms with van der Waals surface area (Å²) in [7, 11) is 1.78. The van der Waals surface area contributed by atoms with Gasteiger partial charge in [0.15, 0.2) is 0 Å². The lowest BCUT2D eigenvalue weighted by molar-refractivity contribution is 0.0982. The van der Waals surface area contributed by atoms with Gasteiger partial charge in [-0.2, -0.15) is 0 Å². The predicted molar refractivity (Wildman–Crippen MR) is 102 cm³/mol. The molecule has 4 rings (SSSR count). The molecule has 0 saturated carbocycles. The molecule has 1 aliphatic rings. The van der Waals surface area contributed by atoms with E-state index in [0.717, 1.165) is 54.0 Å². The fourth-order valence-corrected chi connectivity index (χ4v) is 3.69. The standard InChI is InChI=1S/C20H24N4O2/c1-13-8-15(11-23(2)20(13)25)19-22-17-6-5-14(10-21)9-18(17)24(19)12-16-4-3-7-26-16/h5-6,8-9,11,16H,3-4,7,10,12,21H2,1-2H3. The summed E-state index contributed by atoms with van der Waals surface area (Å²) in [5, 5.41) is 0. The van der Waals surface area contributed by atoms with E-state index in [0.29, 0.717) is 12.1 Å². The Bertz CT molecular complexity index is 986. The molecule has 0 amide bonds. The van der Waals surface area contributed by atoms with Gasteiger partial charge >= 0.3 is 0 Å². The molecule has 1 fully saturated rings. The monoisotopic (exact) mass is 352 g/mol. The van der Waals surface area contributed by atoms with Crippen molar-refractivity contribution in [2.75, 3.05) is 6.61 Å². The van der Waals surface area contributed by atoms with Crippen LogP contribution in [0, 0.1) is 6.92 Å². The zero-order valence-corrected chi connectivity index (χ0v) is 15.2. The Hall–Kier alpha value is -2.44. The van der Waals surface area contributed by atoms with Crippen LogP contribution in [0.15, 0.2) is 35.3 Å². The number of nitrogens with zero attached hydrogens (tertiary/aromatic N) is 3. The van der Waals surface area contributed by atoms with E-state index in [1.54, 1.807) is 11.6 Å². The SMILES string of the molecule is Cc1cc(-c2nc3ccc(CN)cc3n2CC2CCCO2)cn(C)c1=O. The fraction of sp³-hybridized carbons (Fsp3) is 0.400. The van der Waals surface area contributed by atoms with Gasteiger partial charge in [-0.05, 0) is 43.5 Å². The van der Waals surface area contributed by atoms with Crippen molar-refractivity contribution < 1.29 is 4.74 Å². The number of aromatic nitrogens is 3. The van der Waals surface area contributed by atoms with Gasteiger partial charge in [0.2, 0.25) is 0 Å². The molecule has 3 heterocycles. The van der Waals surface area contributed by atoms with Gasteiger partial charge in [-0.15, -0.1) is 0 Å². The highest BCUT2D eigenvalue weighted by Crippen LogP contribution is 2.27. The van der Waals surface area contributed by atoms with Crippen molar-refractivity contribution in [3.63, 3.8) is 0 Å². The van der Waals surface area contributed by atoms with Crippen molar-refractivity contribution in [2.24, 2.45) is 12.8 Å². The van der Waals surface area contributed by atoms with Gasteiger partial charge in [-0.25, -0.2) is 4.98 Å². The molecular formula is C20H24N4O2. The van der Waals surface area contributed by atoms with Gasteiger partial charge in [0.05, 0.1) is 23.7 Å². The molecular weight excluding hydrogens is 328 g/mol. The fourth-order valence-electron chi connectivity index (χ4n) is 3.69. The zero-order valence-electron chi connectivity index (χ0n) is 15.2. The summed E-state index contributed by atoms with van der Waals surface area (Å²) >= 11 is 0. The minimum Gasteiger partial charge on any atom is -0.376 e. The smallest absolute Gasteiger partial charge is 0.253 e. The number of nitrogens with two attached hydrogens (primary N) is 1. The highest BCUT2D eigenvalue weighted by atomic mass is 16.5. The van der Waals surface area contributed by atoms with Gasteiger partial charge in [0.25, 0.3) is 5.56 Å². The molecule has 1 aromatic carbocycles. The summed E-state index contributed by atoms with van der Waals surface area (Å²) in [6.45, 7) is 3.90. The van der Waals surface area contributed by atoms with E-state index >= 15 is 0 Å². The number of aryl methyl sites for hydroxylation is 2. The predicted octanol–water partition coefficient (Wildman–Crippen LogP) is 2.35. The van der Waals surface area contributed by atoms with E-state index in [1.165, 1.54) is 0 Å². The van der Waals surface area contributed by atoms with Crippen LogP contribution in [0.5, 0.6) is 0 Å². The Labute approximate surface area is 152 Å². The summed E-state index contributed by atoms with van der Waals surface area (Å²) in [6.07, 6.45) is 4.20. The topological polar surface area (TPSA) is 75.1 Å². The maximum absolute atomic E-state index is 12.1. The van der Waals surface area contributed by atoms with Crippen LogP contribution in [0.25, 0.3) is 22.4 Å². The molecule has 2 N–H and O–H groups in total. The third-order valence-corrected chi connectivity index (χ3v) is 5.08. The maximum Gasteiger partial charge on any atom is 0.253 e. The number of imidazole rings is 1. The molecule has 136 valence electrons. The quantitative estimate of drug-likeness (QED) is 0.782. The van der Waals surface area contributed by atoms with E-state index < -0.39 is 0 Å². The van der Waals surface area contributed by atoms with Crippen LogP contribution in [0.2, 0.25) is 0 Å². The van der Waals surface area contributed by atoms with Crippen molar-refractivity contribution in [2.45, 2.75) is 39.0 Å². The molecule has 2 aromatic heterocycles.